The van der Waals surface area contributed by atoms with Crippen molar-refractivity contribution >= 4 is 42.3 Å². The molecule has 2 aromatic heterocycles. The standard InChI is InChI=1S/C55H35N3S/c1-3-13-37(14-4-1)43-17-7-10-21-50(43)55-57-53(40-15-5-2-6-16-40)56-54(58-55)41-29-27-39(28-30-41)45-34-33-44(46-18-8-9-19-47(45)46)38-25-23-36(24-26-38)42-31-32-49-48-20-11-12-22-51(48)59-52(49)35-42/h1-35H. The van der Waals surface area contributed by atoms with Crippen LogP contribution in [-0.2, 0) is 0 Å². The molecule has 11 rings (SSSR count). The van der Waals surface area contributed by atoms with Crippen molar-refractivity contribution in [3.05, 3.63) is 212 Å². The molecule has 0 atom stereocenters. The Kier molecular flexibility index (Phi) is 8.68. The SMILES string of the molecule is c1ccc(-c2nc(-c3ccc(-c4ccc(-c5ccc(-c6ccc7c(c6)sc6ccccc67)cc5)c5ccccc45)cc3)nc(-c3ccccc3-c3ccccc3)n2)cc1. The Morgan fingerprint density at radius 3 is 1.31 bits per heavy atom. The van der Waals surface area contributed by atoms with Crippen LogP contribution >= 0.6 is 11.3 Å². The number of rotatable bonds is 7. The van der Waals surface area contributed by atoms with Crippen LogP contribution in [0.25, 0.3) is 110 Å². The molecule has 0 saturated carbocycles. The molecule has 0 aliphatic carbocycles. The first-order chi connectivity index (χ1) is 29.2. The van der Waals surface area contributed by atoms with Crippen LogP contribution in [0.5, 0.6) is 0 Å². The van der Waals surface area contributed by atoms with Crippen LogP contribution in [-0.4, -0.2) is 15.0 Å². The second kappa shape index (κ2) is 14.8. The first-order valence-electron chi connectivity index (χ1n) is 19.8. The van der Waals surface area contributed by atoms with E-state index < -0.39 is 0 Å². The lowest BCUT2D eigenvalue weighted by Gasteiger charge is -2.14. The van der Waals surface area contributed by atoms with E-state index in [-0.39, 0.29) is 0 Å². The average molecular weight is 770 g/mol. The zero-order valence-electron chi connectivity index (χ0n) is 32.0. The number of thiophene rings is 1. The Bertz CT molecular complexity index is 3300. The second-order valence-corrected chi connectivity index (χ2v) is 15.8. The summed E-state index contributed by atoms with van der Waals surface area (Å²) in [6.07, 6.45) is 0. The van der Waals surface area contributed by atoms with E-state index in [9.17, 15) is 0 Å². The molecule has 59 heavy (non-hydrogen) atoms. The second-order valence-electron chi connectivity index (χ2n) is 14.8. The van der Waals surface area contributed by atoms with Crippen molar-refractivity contribution in [3.63, 3.8) is 0 Å². The molecule has 4 heteroatoms. The van der Waals surface area contributed by atoms with Gasteiger partial charge in [-0.15, -0.1) is 11.3 Å². The highest BCUT2D eigenvalue weighted by Gasteiger charge is 2.17. The molecule has 3 nitrogen and oxygen atoms in total. The van der Waals surface area contributed by atoms with Crippen molar-refractivity contribution in [2.45, 2.75) is 0 Å². The van der Waals surface area contributed by atoms with Crippen LogP contribution in [0.15, 0.2) is 212 Å². The summed E-state index contributed by atoms with van der Waals surface area (Å²) in [5.41, 5.74) is 12.2. The summed E-state index contributed by atoms with van der Waals surface area (Å²) in [6, 6.07) is 75.3. The Morgan fingerprint density at radius 2 is 0.661 bits per heavy atom. The molecule has 0 fully saturated rings. The van der Waals surface area contributed by atoms with Gasteiger partial charge >= 0.3 is 0 Å². The highest BCUT2D eigenvalue weighted by Crippen LogP contribution is 2.39. The van der Waals surface area contributed by atoms with Gasteiger partial charge in [-0.05, 0) is 67.4 Å². The van der Waals surface area contributed by atoms with Gasteiger partial charge in [0, 0.05) is 36.9 Å². The molecule has 9 aromatic carbocycles. The Labute approximate surface area is 346 Å². The maximum absolute atomic E-state index is 5.11. The summed E-state index contributed by atoms with van der Waals surface area (Å²) in [6.45, 7) is 0. The third kappa shape index (κ3) is 6.46. The van der Waals surface area contributed by atoms with E-state index >= 15 is 0 Å². The number of aromatic nitrogens is 3. The molecule has 2 heterocycles. The van der Waals surface area contributed by atoms with E-state index in [4.69, 9.17) is 15.0 Å². The minimum atomic E-state index is 0.635. The summed E-state index contributed by atoms with van der Waals surface area (Å²) in [7, 11) is 0. The monoisotopic (exact) mass is 769 g/mol. The van der Waals surface area contributed by atoms with Crippen molar-refractivity contribution in [1.29, 1.82) is 0 Å². The minimum Gasteiger partial charge on any atom is -0.208 e. The van der Waals surface area contributed by atoms with Gasteiger partial charge in [-0.3, -0.25) is 0 Å². The molecule has 0 amide bonds. The summed E-state index contributed by atoms with van der Waals surface area (Å²) < 4.78 is 2.65. The molecular weight excluding hydrogens is 735 g/mol. The van der Waals surface area contributed by atoms with Gasteiger partial charge in [0.25, 0.3) is 0 Å². The quantitative estimate of drug-likeness (QED) is 0.162. The molecule has 0 aliphatic heterocycles. The third-order valence-corrected chi connectivity index (χ3v) is 12.3. The molecule has 0 N–H and O–H groups in total. The van der Waals surface area contributed by atoms with Gasteiger partial charge < -0.3 is 0 Å². The predicted octanol–water partition coefficient (Wildman–Crippen LogP) is 15.1. The van der Waals surface area contributed by atoms with Crippen LogP contribution in [0.3, 0.4) is 0 Å². The lowest BCUT2D eigenvalue weighted by molar-refractivity contribution is 1.07. The fourth-order valence-electron chi connectivity index (χ4n) is 8.24. The van der Waals surface area contributed by atoms with Gasteiger partial charge in [0.2, 0.25) is 0 Å². The molecule has 0 bridgehead atoms. The van der Waals surface area contributed by atoms with Gasteiger partial charge in [0.05, 0.1) is 0 Å². The van der Waals surface area contributed by atoms with Crippen LogP contribution in [0, 0.1) is 0 Å². The smallest absolute Gasteiger partial charge is 0.164 e. The number of benzene rings is 9. The minimum absolute atomic E-state index is 0.635. The van der Waals surface area contributed by atoms with Crippen molar-refractivity contribution in [2.75, 3.05) is 0 Å². The number of nitrogens with zero attached hydrogens (tertiary/aromatic N) is 3. The largest absolute Gasteiger partial charge is 0.208 e. The summed E-state index contributed by atoms with van der Waals surface area (Å²) in [5.74, 6) is 1.92. The zero-order chi connectivity index (χ0) is 39.1. The van der Waals surface area contributed by atoms with Crippen LogP contribution in [0.1, 0.15) is 0 Å². The van der Waals surface area contributed by atoms with Gasteiger partial charge in [-0.2, -0.15) is 0 Å². The van der Waals surface area contributed by atoms with E-state index in [1.54, 1.807) is 0 Å². The molecule has 276 valence electrons. The summed E-state index contributed by atoms with van der Waals surface area (Å²) in [5, 5.41) is 5.09. The van der Waals surface area contributed by atoms with E-state index in [0.717, 1.165) is 33.4 Å². The lowest BCUT2D eigenvalue weighted by Crippen LogP contribution is -2.01. The molecule has 0 radical (unpaired) electrons. The lowest BCUT2D eigenvalue weighted by atomic mass is 9.91. The Morgan fingerprint density at radius 1 is 0.237 bits per heavy atom. The van der Waals surface area contributed by atoms with Gasteiger partial charge in [0.1, 0.15) is 0 Å². The fourth-order valence-corrected chi connectivity index (χ4v) is 9.38. The fraction of sp³-hybridized carbons (Fsp3) is 0. The molecule has 0 unspecified atom stereocenters. The van der Waals surface area contributed by atoms with Gasteiger partial charge in [-0.25, -0.2) is 15.0 Å². The third-order valence-electron chi connectivity index (χ3n) is 11.2. The molecular formula is C55H35N3S. The van der Waals surface area contributed by atoms with Crippen molar-refractivity contribution < 1.29 is 0 Å². The van der Waals surface area contributed by atoms with E-state index in [1.807, 2.05) is 53.8 Å². The van der Waals surface area contributed by atoms with Gasteiger partial charge in [-0.1, -0.05) is 200 Å². The average Bonchev–Trinajstić information content (AvgIpc) is 3.70. The molecule has 0 aliphatic rings. The maximum atomic E-state index is 5.11. The molecule has 11 aromatic rings. The summed E-state index contributed by atoms with van der Waals surface area (Å²) in [4.78, 5) is 15.2. The molecule has 0 saturated heterocycles. The van der Waals surface area contributed by atoms with Crippen LogP contribution in [0.4, 0.5) is 0 Å². The first-order valence-corrected chi connectivity index (χ1v) is 20.7. The highest BCUT2D eigenvalue weighted by molar-refractivity contribution is 7.25. The van der Waals surface area contributed by atoms with Gasteiger partial charge in [0.15, 0.2) is 17.5 Å². The maximum Gasteiger partial charge on any atom is 0.164 e. The van der Waals surface area contributed by atoms with Crippen molar-refractivity contribution in [3.8, 4) is 78.7 Å². The first kappa shape index (κ1) is 34.7. The van der Waals surface area contributed by atoms with Crippen LogP contribution < -0.4 is 0 Å². The Hall–Kier alpha value is -7.53. The normalized spacial score (nSPS) is 11.4. The van der Waals surface area contributed by atoms with E-state index in [2.05, 4.69) is 170 Å². The van der Waals surface area contributed by atoms with E-state index in [1.165, 1.54) is 58.8 Å². The van der Waals surface area contributed by atoms with Crippen LogP contribution in [0.2, 0.25) is 0 Å². The number of hydrogen-bond donors (Lipinski definition) is 0. The number of fused-ring (bicyclic) bond motifs is 4. The zero-order valence-corrected chi connectivity index (χ0v) is 32.8. The van der Waals surface area contributed by atoms with E-state index in [0.29, 0.717) is 17.5 Å². The summed E-state index contributed by atoms with van der Waals surface area (Å²) >= 11 is 1.86. The Balaban J connectivity index is 0.933. The van der Waals surface area contributed by atoms with Crippen molar-refractivity contribution in [2.24, 2.45) is 0 Å². The topological polar surface area (TPSA) is 38.7 Å². The number of hydrogen-bond acceptors (Lipinski definition) is 4. The predicted molar refractivity (Wildman–Crippen MR) is 248 cm³/mol. The highest BCUT2D eigenvalue weighted by atomic mass is 32.1. The molecule has 0 spiro atoms. The van der Waals surface area contributed by atoms with Crippen molar-refractivity contribution in [1.82, 2.24) is 15.0 Å².